The maximum atomic E-state index is 9.02. The summed E-state index contributed by atoms with van der Waals surface area (Å²) in [5, 5.41) is 12.7. The van der Waals surface area contributed by atoms with E-state index in [0.29, 0.717) is 12.1 Å². The van der Waals surface area contributed by atoms with Gasteiger partial charge in [0.15, 0.2) is 0 Å². The molecule has 2 saturated carbocycles. The number of allylic oxidation sites excluding steroid dienone is 1. The molecular weight excluding hydrogens is 184 g/mol. The van der Waals surface area contributed by atoms with Crippen LogP contribution in [0.4, 0.5) is 0 Å². The average molecular weight is 202 g/mol. The van der Waals surface area contributed by atoms with E-state index in [1.165, 1.54) is 25.7 Å². The van der Waals surface area contributed by atoms with Crippen molar-refractivity contribution in [2.45, 2.75) is 44.2 Å². The van der Waals surface area contributed by atoms with Crippen molar-refractivity contribution in [1.82, 2.24) is 5.32 Å². The summed E-state index contributed by atoms with van der Waals surface area (Å²) in [6.07, 6.45) is 10.9. The first-order chi connectivity index (χ1) is 7.38. The normalized spacial score (nSPS) is 47.3. The number of fused-ring (bicyclic) bond motifs is 1. The lowest BCUT2D eigenvalue weighted by atomic mass is 9.71. The molecule has 0 radical (unpaired) electrons. The first-order valence-electron chi connectivity index (χ1n) is 6.21. The number of hydrogen-bond donors (Lipinski definition) is 1. The first kappa shape index (κ1) is 9.42. The molecule has 2 heteroatoms. The third-order valence-corrected chi connectivity index (χ3v) is 4.47. The molecule has 0 aromatic rings. The van der Waals surface area contributed by atoms with Crippen LogP contribution in [0.3, 0.4) is 0 Å². The molecular formula is C13H18N2. The Morgan fingerprint density at radius 3 is 3.00 bits per heavy atom. The Hall–Kier alpha value is -0.810. The van der Waals surface area contributed by atoms with Crippen LogP contribution in [0, 0.1) is 29.1 Å². The summed E-state index contributed by atoms with van der Waals surface area (Å²) < 4.78 is 0. The average Bonchev–Trinajstić information content (AvgIpc) is 2.80. The van der Waals surface area contributed by atoms with Gasteiger partial charge in [0.05, 0.1) is 12.0 Å². The molecule has 2 nitrogen and oxygen atoms in total. The van der Waals surface area contributed by atoms with Gasteiger partial charge in [-0.2, -0.15) is 5.26 Å². The summed E-state index contributed by atoms with van der Waals surface area (Å²) in [6.45, 7) is 0. The van der Waals surface area contributed by atoms with Crippen molar-refractivity contribution in [3.63, 3.8) is 0 Å². The number of nitriles is 1. The number of nitrogens with one attached hydrogen (secondary N) is 1. The Labute approximate surface area is 91.4 Å². The van der Waals surface area contributed by atoms with E-state index in [9.17, 15) is 0 Å². The zero-order valence-electron chi connectivity index (χ0n) is 9.02. The maximum absolute atomic E-state index is 9.02. The fourth-order valence-corrected chi connectivity index (χ4v) is 3.50. The van der Waals surface area contributed by atoms with E-state index in [0.717, 1.165) is 18.3 Å². The van der Waals surface area contributed by atoms with E-state index in [-0.39, 0.29) is 5.92 Å². The second-order valence-corrected chi connectivity index (χ2v) is 5.28. The van der Waals surface area contributed by atoms with E-state index in [1.807, 2.05) is 0 Å². The number of hydrogen-bond acceptors (Lipinski definition) is 2. The molecule has 0 aliphatic heterocycles. The van der Waals surface area contributed by atoms with Gasteiger partial charge in [0.2, 0.25) is 0 Å². The quantitative estimate of drug-likeness (QED) is 0.697. The third kappa shape index (κ3) is 1.50. The van der Waals surface area contributed by atoms with Gasteiger partial charge >= 0.3 is 0 Å². The summed E-state index contributed by atoms with van der Waals surface area (Å²) in [5.41, 5.74) is 0. The molecule has 5 unspecified atom stereocenters. The molecule has 0 aromatic heterocycles. The van der Waals surface area contributed by atoms with Crippen molar-refractivity contribution in [2.75, 3.05) is 0 Å². The number of rotatable bonds is 2. The van der Waals surface area contributed by atoms with Gasteiger partial charge < -0.3 is 5.32 Å². The Morgan fingerprint density at radius 2 is 2.20 bits per heavy atom. The van der Waals surface area contributed by atoms with Crippen LogP contribution in [-0.4, -0.2) is 12.1 Å². The third-order valence-electron chi connectivity index (χ3n) is 4.47. The van der Waals surface area contributed by atoms with Crippen LogP contribution in [0.2, 0.25) is 0 Å². The molecule has 2 fully saturated rings. The molecule has 0 spiro atoms. The summed E-state index contributed by atoms with van der Waals surface area (Å²) in [5.74, 6) is 1.98. The van der Waals surface area contributed by atoms with E-state index < -0.39 is 0 Å². The number of nitrogens with zero attached hydrogens (tertiary/aromatic N) is 1. The molecule has 0 saturated heterocycles. The van der Waals surface area contributed by atoms with E-state index in [2.05, 4.69) is 23.5 Å². The summed E-state index contributed by atoms with van der Waals surface area (Å²) >= 11 is 0. The Kier molecular flexibility index (Phi) is 2.29. The highest BCUT2D eigenvalue weighted by Gasteiger charge is 2.42. The van der Waals surface area contributed by atoms with E-state index in [1.54, 1.807) is 0 Å². The van der Waals surface area contributed by atoms with Gasteiger partial charge in [-0.1, -0.05) is 18.6 Å². The molecule has 3 rings (SSSR count). The second-order valence-electron chi connectivity index (χ2n) is 5.28. The first-order valence-corrected chi connectivity index (χ1v) is 6.21. The highest BCUT2D eigenvalue weighted by Crippen LogP contribution is 2.43. The highest BCUT2D eigenvalue weighted by molar-refractivity contribution is 5.14. The molecule has 15 heavy (non-hydrogen) atoms. The van der Waals surface area contributed by atoms with Crippen LogP contribution in [-0.2, 0) is 0 Å². The predicted octanol–water partition coefficient (Wildman–Crippen LogP) is 2.23. The van der Waals surface area contributed by atoms with Gasteiger partial charge in [-0.15, -0.1) is 0 Å². The topological polar surface area (TPSA) is 35.8 Å². The summed E-state index contributed by atoms with van der Waals surface area (Å²) in [7, 11) is 0. The van der Waals surface area contributed by atoms with Crippen LogP contribution < -0.4 is 5.32 Å². The molecule has 0 heterocycles. The fraction of sp³-hybridized carbons (Fsp3) is 0.769. The Balaban J connectivity index is 1.58. The van der Waals surface area contributed by atoms with Gasteiger partial charge in [0, 0.05) is 12.1 Å². The van der Waals surface area contributed by atoms with Crippen molar-refractivity contribution in [2.24, 2.45) is 17.8 Å². The molecule has 0 amide bonds. The minimum Gasteiger partial charge on any atom is -0.309 e. The largest absolute Gasteiger partial charge is 0.309 e. The molecule has 3 aliphatic carbocycles. The molecule has 0 bridgehead atoms. The highest BCUT2D eigenvalue weighted by atomic mass is 15.0. The fourth-order valence-electron chi connectivity index (χ4n) is 3.50. The zero-order valence-corrected chi connectivity index (χ0v) is 9.02. The summed E-state index contributed by atoms with van der Waals surface area (Å²) in [6, 6.07) is 3.60. The van der Waals surface area contributed by atoms with Crippen LogP contribution in [0.1, 0.15) is 32.1 Å². The van der Waals surface area contributed by atoms with Crippen molar-refractivity contribution in [3.05, 3.63) is 12.2 Å². The molecule has 0 aromatic carbocycles. The minimum atomic E-state index is 0.273. The van der Waals surface area contributed by atoms with Crippen molar-refractivity contribution >= 4 is 0 Å². The van der Waals surface area contributed by atoms with Gasteiger partial charge in [-0.05, 0) is 37.5 Å². The van der Waals surface area contributed by atoms with Crippen LogP contribution in [0.15, 0.2) is 12.2 Å². The van der Waals surface area contributed by atoms with Crippen molar-refractivity contribution < 1.29 is 0 Å². The van der Waals surface area contributed by atoms with Crippen LogP contribution in [0.5, 0.6) is 0 Å². The zero-order chi connectivity index (χ0) is 10.3. The van der Waals surface area contributed by atoms with E-state index >= 15 is 0 Å². The van der Waals surface area contributed by atoms with Crippen molar-refractivity contribution in [1.29, 1.82) is 5.26 Å². The van der Waals surface area contributed by atoms with E-state index in [4.69, 9.17) is 5.26 Å². The lowest BCUT2D eigenvalue weighted by Crippen LogP contribution is -2.52. The van der Waals surface area contributed by atoms with Gasteiger partial charge in [-0.3, -0.25) is 0 Å². The SMILES string of the molecule is N#CC1CCCC1NC1CC2CC=CC21. The maximum Gasteiger partial charge on any atom is 0.0672 e. The van der Waals surface area contributed by atoms with Crippen LogP contribution >= 0.6 is 0 Å². The smallest absolute Gasteiger partial charge is 0.0672 e. The predicted molar refractivity (Wildman–Crippen MR) is 59.0 cm³/mol. The van der Waals surface area contributed by atoms with Gasteiger partial charge in [-0.25, -0.2) is 0 Å². The van der Waals surface area contributed by atoms with Crippen LogP contribution in [0.25, 0.3) is 0 Å². The molecule has 3 aliphatic rings. The molecule has 1 N–H and O–H groups in total. The minimum absolute atomic E-state index is 0.273. The Bertz CT molecular complexity index is 315. The van der Waals surface area contributed by atoms with Gasteiger partial charge in [0.25, 0.3) is 0 Å². The standard InChI is InChI=1S/C13H18N2/c14-8-10-4-2-6-12(10)15-13-7-9-3-1-5-11(9)13/h1,5,9-13,15H,2-4,6-7H2. The molecule has 5 atom stereocenters. The van der Waals surface area contributed by atoms with Gasteiger partial charge in [0.1, 0.15) is 0 Å². The lowest BCUT2D eigenvalue weighted by molar-refractivity contribution is 0.146. The lowest BCUT2D eigenvalue weighted by Gasteiger charge is -2.42. The monoisotopic (exact) mass is 202 g/mol. The van der Waals surface area contributed by atoms with Crippen molar-refractivity contribution in [3.8, 4) is 6.07 Å². The summed E-state index contributed by atoms with van der Waals surface area (Å²) in [4.78, 5) is 0. The molecule has 80 valence electrons. The Morgan fingerprint density at radius 1 is 1.27 bits per heavy atom. The second kappa shape index (κ2) is 3.64.